The SMILES string of the molecule is COc1ccc(/C=C/C(=O)NCC2CCN(c3nc4ccccc4o3)CC2)cc1OC. The van der Waals surface area contributed by atoms with Gasteiger partial charge in [0.2, 0.25) is 5.91 Å². The number of methoxy groups -OCH3 is 2. The Morgan fingerprint density at radius 3 is 2.68 bits per heavy atom. The molecule has 0 radical (unpaired) electrons. The summed E-state index contributed by atoms with van der Waals surface area (Å²) >= 11 is 0. The lowest BCUT2D eigenvalue weighted by atomic mass is 9.97. The maximum Gasteiger partial charge on any atom is 0.298 e. The topological polar surface area (TPSA) is 76.8 Å². The van der Waals surface area contributed by atoms with E-state index in [9.17, 15) is 4.79 Å². The fourth-order valence-electron chi connectivity index (χ4n) is 3.76. The molecule has 0 unspecified atom stereocenters. The summed E-state index contributed by atoms with van der Waals surface area (Å²) in [7, 11) is 3.19. The number of hydrogen-bond donors (Lipinski definition) is 1. The summed E-state index contributed by atoms with van der Waals surface area (Å²) in [6, 6.07) is 14.0. The number of ether oxygens (including phenoxy) is 2. The van der Waals surface area contributed by atoms with Crippen molar-refractivity contribution in [3.8, 4) is 11.5 Å². The van der Waals surface area contributed by atoms with Crippen LogP contribution < -0.4 is 19.7 Å². The van der Waals surface area contributed by atoms with Crippen LogP contribution in [0.2, 0.25) is 0 Å². The molecule has 0 bridgehead atoms. The van der Waals surface area contributed by atoms with Crippen LogP contribution >= 0.6 is 0 Å². The molecule has 7 heteroatoms. The summed E-state index contributed by atoms with van der Waals surface area (Å²) in [5.74, 6) is 1.64. The molecule has 4 rings (SSSR count). The van der Waals surface area contributed by atoms with E-state index in [2.05, 4.69) is 15.2 Å². The number of piperidine rings is 1. The van der Waals surface area contributed by atoms with Crippen molar-refractivity contribution in [3.05, 3.63) is 54.1 Å². The zero-order valence-corrected chi connectivity index (χ0v) is 17.8. The Kier molecular flexibility index (Phi) is 6.40. The van der Waals surface area contributed by atoms with Gasteiger partial charge in [0, 0.05) is 25.7 Å². The van der Waals surface area contributed by atoms with Gasteiger partial charge in [-0.1, -0.05) is 18.2 Å². The minimum absolute atomic E-state index is 0.101. The third-order valence-corrected chi connectivity index (χ3v) is 5.57. The van der Waals surface area contributed by atoms with E-state index >= 15 is 0 Å². The molecule has 2 heterocycles. The summed E-state index contributed by atoms with van der Waals surface area (Å²) in [5, 5.41) is 3.01. The van der Waals surface area contributed by atoms with E-state index in [-0.39, 0.29) is 5.91 Å². The molecule has 0 saturated carbocycles. The van der Waals surface area contributed by atoms with E-state index in [1.165, 1.54) is 0 Å². The Labute approximate surface area is 181 Å². The number of carbonyl (C=O) groups is 1. The molecule has 162 valence electrons. The van der Waals surface area contributed by atoms with Crippen molar-refractivity contribution in [2.24, 2.45) is 5.92 Å². The molecular weight excluding hydrogens is 394 g/mol. The highest BCUT2D eigenvalue weighted by atomic mass is 16.5. The molecule has 1 aromatic heterocycles. The van der Waals surface area contributed by atoms with Crippen LogP contribution in [0.1, 0.15) is 18.4 Å². The maximum absolute atomic E-state index is 12.2. The molecule has 31 heavy (non-hydrogen) atoms. The van der Waals surface area contributed by atoms with Crippen LogP contribution in [-0.4, -0.2) is 44.7 Å². The third-order valence-electron chi connectivity index (χ3n) is 5.57. The van der Waals surface area contributed by atoms with Gasteiger partial charge >= 0.3 is 0 Å². The van der Waals surface area contributed by atoms with Crippen molar-refractivity contribution in [1.82, 2.24) is 10.3 Å². The van der Waals surface area contributed by atoms with Gasteiger partial charge in [-0.05, 0) is 54.7 Å². The highest BCUT2D eigenvalue weighted by Gasteiger charge is 2.22. The minimum Gasteiger partial charge on any atom is -0.493 e. The number of benzene rings is 2. The number of fused-ring (bicyclic) bond motifs is 1. The number of para-hydroxylation sites is 2. The first-order valence-electron chi connectivity index (χ1n) is 10.4. The van der Waals surface area contributed by atoms with Crippen molar-refractivity contribution in [2.75, 3.05) is 38.8 Å². The van der Waals surface area contributed by atoms with Crippen LogP contribution in [0.5, 0.6) is 11.5 Å². The lowest BCUT2D eigenvalue weighted by Gasteiger charge is -2.30. The van der Waals surface area contributed by atoms with E-state index in [4.69, 9.17) is 13.9 Å². The van der Waals surface area contributed by atoms with Gasteiger partial charge in [-0.15, -0.1) is 0 Å². The zero-order chi connectivity index (χ0) is 21.6. The van der Waals surface area contributed by atoms with Crippen LogP contribution in [0.25, 0.3) is 17.2 Å². The molecule has 1 saturated heterocycles. The van der Waals surface area contributed by atoms with Gasteiger partial charge in [0.15, 0.2) is 17.1 Å². The van der Waals surface area contributed by atoms with E-state index in [0.29, 0.717) is 30.0 Å². The van der Waals surface area contributed by atoms with E-state index < -0.39 is 0 Å². The Hall–Kier alpha value is -3.48. The molecule has 7 nitrogen and oxygen atoms in total. The maximum atomic E-state index is 12.2. The Morgan fingerprint density at radius 2 is 1.94 bits per heavy atom. The summed E-state index contributed by atoms with van der Waals surface area (Å²) in [5.41, 5.74) is 2.57. The van der Waals surface area contributed by atoms with Crippen molar-refractivity contribution >= 4 is 29.1 Å². The summed E-state index contributed by atoms with van der Waals surface area (Å²) in [4.78, 5) is 19.0. The zero-order valence-electron chi connectivity index (χ0n) is 17.8. The molecule has 1 fully saturated rings. The van der Waals surface area contributed by atoms with Crippen molar-refractivity contribution in [2.45, 2.75) is 12.8 Å². The van der Waals surface area contributed by atoms with Crippen LogP contribution in [0.15, 0.2) is 53.0 Å². The fourth-order valence-corrected chi connectivity index (χ4v) is 3.76. The first-order valence-corrected chi connectivity index (χ1v) is 10.4. The van der Waals surface area contributed by atoms with Gasteiger partial charge in [-0.3, -0.25) is 4.79 Å². The summed E-state index contributed by atoms with van der Waals surface area (Å²) in [6.45, 7) is 2.40. The molecule has 1 aliphatic rings. The average Bonchev–Trinajstić information content (AvgIpc) is 3.26. The molecule has 0 atom stereocenters. The molecule has 0 aliphatic carbocycles. The van der Waals surface area contributed by atoms with Gasteiger partial charge in [0.1, 0.15) is 5.52 Å². The Bertz CT molecular complexity index is 1030. The van der Waals surface area contributed by atoms with E-state index in [1.54, 1.807) is 26.4 Å². The molecule has 1 N–H and O–H groups in total. The van der Waals surface area contributed by atoms with E-state index in [0.717, 1.165) is 42.6 Å². The monoisotopic (exact) mass is 421 g/mol. The predicted molar refractivity (Wildman–Crippen MR) is 121 cm³/mol. The minimum atomic E-state index is -0.101. The van der Waals surface area contributed by atoms with Crippen LogP contribution in [0, 0.1) is 5.92 Å². The Balaban J connectivity index is 1.24. The number of nitrogens with one attached hydrogen (secondary N) is 1. The van der Waals surface area contributed by atoms with E-state index in [1.807, 2.05) is 42.5 Å². The van der Waals surface area contributed by atoms with Crippen molar-refractivity contribution in [1.29, 1.82) is 0 Å². The average molecular weight is 421 g/mol. The van der Waals surface area contributed by atoms with Gasteiger partial charge in [0.25, 0.3) is 6.01 Å². The van der Waals surface area contributed by atoms with Crippen molar-refractivity contribution < 1.29 is 18.7 Å². The van der Waals surface area contributed by atoms with Crippen molar-refractivity contribution in [3.63, 3.8) is 0 Å². The van der Waals surface area contributed by atoms with Crippen LogP contribution in [0.4, 0.5) is 6.01 Å². The largest absolute Gasteiger partial charge is 0.493 e. The number of amides is 1. The normalized spacial score (nSPS) is 14.8. The Morgan fingerprint density at radius 1 is 1.16 bits per heavy atom. The highest BCUT2D eigenvalue weighted by molar-refractivity contribution is 5.91. The standard InChI is InChI=1S/C24H27N3O4/c1-29-21-9-7-17(15-22(21)30-2)8-10-23(28)25-16-18-11-13-27(14-12-18)24-26-19-5-3-4-6-20(19)31-24/h3-10,15,18H,11-14,16H2,1-2H3,(H,25,28)/b10-8+. The fraction of sp³-hybridized carbons (Fsp3) is 0.333. The van der Waals surface area contributed by atoms with Gasteiger partial charge in [0.05, 0.1) is 14.2 Å². The number of aromatic nitrogens is 1. The number of oxazole rings is 1. The second-order valence-electron chi connectivity index (χ2n) is 7.59. The molecule has 1 aliphatic heterocycles. The molecule has 3 aromatic rings. The quantitative estimate of drug-likeness (QED) is 0.583. The number of carbonyl (C=O) groups excluding carboxylic acids is 1. The van der Waals surface area contributed by atoms with Gasteiger partial charge < -0.3 is 24.1 Å². The lowest BCUT2D eigenvalue weighted by Crippen LogP contribution is -2.38. The second kappa shape index (κ2) is 9.55. The number of rotatable bonds is 7. The van der Waals surface area contributed by atoms with Crippen LogP contribution in [-0.2, 0) is 4.79 Å². The highest BCUT2D eigenvalue weighted by Crippen LogP contribution is 2.28. The summed E-state index contributed by atoms with van der Waals surface area (Å²) < 4.78 is 16.4. The predicted octanol–water partition coefficient (Wildman–Crippen LogP) is 3.89. The first kappa shape index (κ1) is 20.8. The number of nitrogens with zero attached hydrogens (tertiary/aromatic N) is 2. The smallest absolute Gasteiger partial charge is 0.298 e. The molecule has 0 spiro atoms. The van der Waals surface area contributed by atoms with Crippen LogP contribution in [0.3, 0.4) is 0 Å². The third kappa shape index (κ3) is 4.99. The number of hydrogen-bond acceptors (Lipinski definition) is 6. The molecule has 2 aromatic carbocycles. The first-order chi connectivity index (χ1) is 15.2. The molecular formula is C24H27N3O4. The summed E-state index contributed by atoms with van der Waals surface area (Å²) in [6.07, 6.45) is 5.29. The number of anilines is 1. The van der Waals surface area contributed by atoms with Gasteiger partial charge in [-0.2, -0.15) is 4.98 Å². The lowest BCUT2D eigenvalue weighted by molar-refractivity contribution is -0.116. The van der Waals surface area contributed by atoms with Gasteiger partial charge in [-0.25, -0.2) is 0 Å². The molecule has 1 amide bonds. The second-order valence-corrected chi connectivity index (χ2v) is 7.59.